The lowest BCUT2D eigenvalue weighted by Gasteiger charge is -2.32. The van der Waals surface area contributed by atoms with E-state index in [0.717, 1.165) is 6.21 Å². The fraction of sp³-hybridized carbons (Fsp3) is 0.375. The van der Waals surface area contributed by atoms with Crippen LogP contribution in [0, 0.1) is 12.3 Å². The van der Waals surface area contributed by atoms with Crippen molar-refractivity contribution in [1.82, 2.24) is 15.0 Å². The lowest BCUT2D eigenvalue weighted by atomic mass is 10.1. The van der Waals surface area contributed by atoms with Gasteiger partial charge in [0, 0.05) is 25.0 Å². The molecule has 0 radical (unpaired) electrons. The number of aryl methyl sites for hydroxylation is 1. The summed E-state index contributed by atoms with van der Waals surface area (Å²) in [7, 11) is 1.65. The minimum atomic E-state index is -2.59. The standard InChI is InChI=1S/C16H21F2N7/c1-9(11-5-4-6-22-14(11)20)25(8-13(17)18)16-12(7-19)15(21-3)23-10(2)24-16/h4-7,9,13,19H,8H2,1-3H3,(H2,20,22)(H,21,23,24). The third-order valence-electron chi connectivity index (χ3n) is 3.81. The minimum absolute atomic E-state index is 0.253. The van der Waals surface area contributed by atoms with Crippen molar-refractivity contribution in [2.75, 3.05) is 29.5 Å². The van der Waals surface area contributed by atoms with Gasteiger partial charge < -0.3 is 21.4 Å². The highest BCUT2D eigenvalue weighted by molar-refractivity contribution is 5.91. The zero-order chi connectivity index (χ0) is 18.6. The smallest absolute Gasteiger partial charge is 0.255 e. The van der Waals surface area contributed by atoms with Crippen LogP contribution in [0.1, 0.15) is 29.9 Å². The number of anilines is 3. The zero-order valence-electron chi connectivity index (χ0n) is 14.3. The molecule has 0 aliphatic rings. The van der Waals surface area contributed by atoms with E-state index in [1.807, 2.05) is 0 Å². The van der Waals surface area contributed by atoms with Crippen LogP contribution in [0.15, 0.2) is 18.3 Å². The average Bonchev–Trinajstić information content (AvgIpc) is 2.58. The largest absolute Gasteiger partial charge is 0.383 e. The van der Waals surface area contributed by atoms with Crippen LogP contribution in [0.3, 0.4) is 0 Å². The van der Waals surface area contributed by atoms with Gasteiger partial charge in [-0.1, -0.05) is 6.07 Å². The number of nitrogens with one attached hydrogen (secondary N) is 2. The molecular formula is C16H21F2N7. The van der Waals surface area contributed by atoms with E-state index >= 15 is 0 Å². The van der Waals surface area contributed by atoms with Crippen LogP contribution in [0.25, 0.3) is 0 Å². The van der Waals surface area contributed by atoms with Gasteiger partial charge in [-0.05, 0) is 19.9 Å². The number of nitrogens with zero attached hydrogens (tertiary/aromatic N) is 4. The molecule has 134 valence electrons. The van der Waals surface area contributed by atoms with Crippen LogP contribution in [-0.2, 0) is 0 Å². The lowest BCUT2D eigenvalue weighted by molar-refractivity contribution is 0.152. The van der Waals surface area contributed by atoms with Crippen molar-refractivity contribution in [2.45, 2.75) is 26.3 Å². The molecule has 2 heterocycles. The quantitative estimate of drug-likeness (QED) is 0.664. The zero-order valence-corrected chi connectivity index (χ0v) is 14.3. The number of nitrogens with two attached hydrogens (primary N) is 1. The summed E-state index contributed by atoms with van der Waals surface area (Å²) in [6.45, 7) is 2.86. The van der Waals surface area contributed by atoms with Crippen LogP contribution in [0.2, 0.25) is 0 Å². The normalized spacial score (nSPS) is 12.1. The van der Waals surface area contributed by atoms with E-state index in [4.69, 9.17) is 11.1 Å². The van der Waals surface area contributed by atoms with Gasteiger partial charge in [0.05, 0.1) is 18.2 Å². The van der Waals surface area contributed by atoms with Gasteiger partial charge in [-0.25, -0.2) is 23.7 Å². The third-order valence-corrected chi connectivity index (χ3v) is 3.81. The molecule has 0 bridgehead atoms. The maximum absolute atomic E-state index is 13.3. The Hall–Kier alpha value is -2.84. The first kappa shape index (κ1) is 18.5. The first-order chi connectivity index (χ1) is 11.9. The molecule has 0 aliphatic heterocycles. The molecule has 0 amide bonds. The van der Waals surface area contributed by atoms with Crippen LogP contribution < -0.4 is 16.0 Å². The van der Waals surface area contributed by atoms with Crippen molar-refractivity contribution in [1.29, 1.82) is 5.41 Å². The molecule has 0 aliphatic carbocycles. The molecule has 0 spiro atoms. The number of halogens is 2. The summed E-state index contributed by atoms with van der Waals surface area (Å²) >= 11 is 0. The molecule has 25 heavy (non-hydrogen) atoms. The molecule has 2 rings (SSSR count). The number of nitrogen functional groups attached to an aromatic ring is 1. The van der Waals surface area contributed by atoms with Crippen molar-refractivity contribution >= 4 is 23.7 Å². The molecule has 0 aromatic carbocycles. The molecule has 1 unspecified atom stereocenters. The van der Waals surface area contributed by atoms with Gasteiger partial charge >= 0.3 is 0 Å². The van der Waals surface area contributed by atoms with Crippen LogP contribution in [-0.4, -0.2) is 41.2 Å². The highest BCUT2D eigenvalue weighted by Gasteiger charge is 2.26. The van der Waals surface area contributed by atoms with Gasteiger partial charge in [0.1, 0.15) is 23.3 Å². The molecule has 0 fully saturated rings. The van der Waals surface area contributed by atoms with E-state index in [9.17, 15) is 8.78 Å². The Morgan fingerprint density at radius 1 is 1.40 bits per heavy atom. The Kier molecular flexibility index (Phi) is 5.79. The van der Waals surface area contributed by atoms with Gasteiger partial charge in [-0.15, -0.1) is 0 Å². The Balaban J connectivity index is 2.60. The molecule has 2 aromatic heterocycles. The van der Waals surface area contributed by atoms with Crippen LogP contribution >= 0.6 is 0 Å². The van der Waals surface area contributed by atoms with Gasteiger partial charge in [-0.3, -0.25) is 0 Å². The van der Waals surface area contributed by atoms with Gasteiger partial charge in [0.25, 0.3) is 6.43 Å². The highest BCUT2D eigenvalue weighted by atomic mass is 19.3. The van der Waals surface area contributed by atoms with Gasteiger partial charge in [-0.2, -0.15) is 0 Å². The first-order valence-corrected chi connectivity index (χ1v) is 7.71. The summed E-state index contributed by atoms with van der Waals surface area (Å²) in [5.74, 6) is 1.34. The molecule has 0 saturated carbocycles. The summed E-state index contributed by atoms with van der Waals surface area (Å²) in [4.78, 5) is 14.0. The van der Waals surface area contributed by atoms with Crippen molar-refractivity contribution in [3.63, 3.8) is 0 Å². The second-order valence-electron chi connectivity index (χ2n) is 5.45. The van der Waals surface area contributed by atoms with E-state index in [1.54, 1.807) is 39.2 Å². The van der Waals surface area contributed by atoms with Crippen molar-refractivity contribution < 1.29 is 8.78 Å². The SMILES string of the molecule is CNc1nc(C)nc(N(CC(F)F)C(C)c2cccnc2N)c1C=N. The summed E-state index contributed by atoms with van der Waals surface area (Å²) in [5, 5.41) is 10.5. The molecule has 2 aromatic rings. The van der Waals surface area contributed by atoms with Gasteiger partial charge in [0.15, 0.2) is 0 Å². The molecule has 1 atom stereocenters. The number of hydrogen-bond donors (Lipinski definition) is 3. The summed E-state index contributed by atoms with van der Waals surface area (Å²) in [6, 6.07) is 2.92. The van der Waals surface area contributed by atoms with E-state index in [1.165, 1.54) is 4.90 Å². The van der Waals surface area contributed by atoms with E-state index < -0.39 is 19.0 Å². The summed E-state index contributed by atoms with van der Waals surface area (Å²) in [5.41, 5.74) is 6.86. The second-order valence-corrected chi connectivity index (χ2v) is 5.45. The molecule has 9 heteroatoms. The Morgan fingerprint density at radius 2 is 2.12 bits per heavy atom. The topological polar surface area (TPSA) is 104 Å². The van der Waals surface area contributed by atoms with Crippen LogP contribution in [0.4, 0.5) is 26.2 Å². The predicted octanol–water partition coefficient (Wildman–Crippen LogP) is 2.63. The predicted molar refractivity (Wildman–Crippen MR) is 94.6 cm³/mol. The Bertz CT molecular complexity index is 751. The number of hydrogen-bond acceptors (Lipinski definition) is 7. The fourth-order valence-electron chi connectivity index (χ4n) is 2.64. The van der Waals surface area contributed by atoms with E-state index in [-0.39, 0.29) is 11.6 Å². The highest BCUT2D eigenvalue weighted by Crippen LogP contribution is 2.32. The number of aromatic nitrogens is 3. The van der Waals surface area contributed by atoms with Crippen molar-refractivity contribution in [2.24, 2.45) is 0 Å². The van der Waals surface area contributed by atoms with Crippen molar-refractivity contribution in [3.05, 3.63) is 35.3 Å². The second kappa shape index (κ2) is 7.82. The molecule has 0 saturated heterocycles. The maximum Gasteiger partial charge on any atom is 0.255 e. The number of alkyl halides is 2. The Labute approximate surface area is 144 Å². The van der Waals surface area contributed by atoms with E-state index in [2.05, 4.69) is 20.3 Å². The average molecular weight is 349 g/mol. The maximum atomic E-state index is 13.3. The monoisotopic (exact) mass is 349 g/mol. The molecule has 4 N–H and O–H groups in total. The van der Waals surface area contributed by atoms with Crippen molar-refractivity contribution in [3.8, 4) is 0 Å². The fourth-order valence-corrected chi connectivity index (χ4v) is 2.64. The third kappa shape index (κ3) is 3.98. The summed E-state index contributed by atoms with van der Waals surface area (Å²) in [6.07, 6.45) is 0.00507. The molecular weight excluding hydrogens is 328 g/mol. The van der Waals surface area contributed by atoms with E-state index in [0.29, 0.717) is 22.8 Å². The first-order valence-electron chi connectivity index (χ1n) is 7.71. The minimum Gasteiger partial charge on any atom is -0.383 e. The summed E-state index contributed by atoms with van der Waals surface area (Å²) < 4.78 is 26.5. The number of rotatable bonds is 7. The van der Waals surface area contributed by atoms with Gasteiger partial charge in [0.2, 0.25) is 0 Å². The lowest BCUT2D eigenvalue weighted by Crippen LogP contribution is -2.34. The number of pyridine rings is 1. The molecule has 7 nitrogen and oxygen atoms in total. The van der Waals surface area contributed by atoms with Crippen LogP contribution in [0.5, 0.6) is 0 Å². The Morgan fingerprint density at radius 3 is 2.68 bits per heavy atom.